The zero-order valence-corrected chi connectivity index (χ0v) is 19.9. The van der Waals surface area contributed by atoms with Crippen LogP contribution in [0.4, 0.5) is 10.6 Å². The number of anilines is 1. The van der Waals surface area contributed by atoms with E-state index in [0.29, 0.717) is 11.7 Å². The molecule has 2 fully saturated rings. The van der Waals surface area contributed by atoms with Gasteiger partial charge in [0.15, 0.2) is 5.16 Å². The molecule has 5 rings (SSSR count). The van der Waals surface area contributed by atoms with Crippen LogP contribution in [0, 0.1) is 5.41 Å². The minimum atomic E-state index is 0.0723. The Balaban J connectivity index is 1.33. The zero-order valence-electron chi connectivity index (χ0n) is 19.1. The average Bonchev–Trinajstić information content (AvgIpc) is 2.80. The Morgan fingerprint density at radius 3 is 2.69 bits per heavy atom. The van der Waals surface area contributed by atoms with Crippen LogP contribution in [0.5, 0.6) is 5.75 Å². The van der Waals surface area contributed by atoms with E-state index in [0.717, 1.165) is 43.2 Å². The van der Waals surface area contributed by atoms with E-state index >= 15 is 0 Å². The molecule has 0 N–H and O–H groups in total. The van der Waals surface area contributed by atoms with Crippen LogP contribution in [0.2, 0.25) is 0 Å². The van der Waals surface area contributed by atoms with Gasteiger partial charge in [-0.05, 0) is 43.2 Å². The molecule has 7 nitrogen and oxygen atoms in total. The summed E-state index contributed by atoms with van der Waals surface area (Å²) < 4.78 is 5.29. The van der Waals surface area contributed by atoms with Gasteiger partial charge in [0, 0.05) is 49.9 Å². The van der Waals surface area contributed by atoms with Crippen molar-refractivity contribution in [2.45, 2.75) is 50.0 Å². The maximum absolute atomic E-state index is 13.4. The first kappa shape index (κ1) is 21.5. The molecule has 1 atom stereocenters. The molecule has 170 valence electrons. The smallest absolute Gasteiger partial charge is 0.325 e. The molecule has 2 aliphatic heterocycles. The van der Waals surface area contributed by atoms with Gasteiger partial charge < -0.3 is 9.64 Å². The molecule has 1 unspecified atom stereocenters. The van der Waals surface area contributed by atoms with Crippen molar-refractivity contribution in [2.24, 2.45) is 5.41 Å². The fourth-order valence-corrected chi connectivity index (χ4v) is 5.97. The predicted molar refractivity (Wildman–Crippen MR) is 126 cm³/mol. The minimum absolute atomic E-state index is 0.0723. The Bertz CT molecular complexity index is 994. The topological polar surface area (TPSA) is 61.8 Å². The third-order valence-electron chi connectivity index (χ3n) is 7.45. The summed E-state index contributed by atoms with van der Waals surface area (Å²) in [6.45, 7) is 3.60. The highest BCUT2D eigenvalue weighted by molar-refractivity contribution is 7.98. The molecule has 1 aromatic heterocycles. The lowest BCUT2D eigenvalue weighted by Crippen LogP contribution is -2.63. The lowest BCUT2D eigenvalue weighted by molar-refractivity contribution is -0.0557. The van der Waals surface area contributed by atoms with Gasteiger partial charge >= 0.3 is 6.03 Å². The van der Waals surface area contributed by atoms with Crippen molar-refractivity contribution >= 4 is 23.6 Å². The van der Waals surface area contributed by atoms with Gasteiger partial charge in [-0.2, -0.15) is 0 Å². The van der Waals surface area contributed by atoms with E-state index in [-0.39, 0.29) is 17.5 Å². The Morgan fingerprint density at radius 1 is 1.25 bits per heavy atom. The number of benzene rings is 1. The summed E-state index contributed by atoms with van der Waals surface area (Å²) in [7, 11) is 3.54. The molecule has 1 aromatic carbocycles. The molecule has 3 heterocycles. The average molecular weight is 454 g/mol. The Hall–Kier alpha value is -2.32. The van der Waals surface area contributed by atoms with Gasteiger partial charge in [0.1, 0.15) is 11.6 Å². The molecule has 32 heavy (non-hydrogen) atoms. The van der Waals surface area contributed by atoms with Crippen LogP contribution in [0.15, 0.2) is 35.6 Å². The van der Waals surface area contributed by atoms with E-state index in [1.165, 1.54) is 36.6 Å². The van der Waals surface area contributed by atoms with Crippen molar-refractivity contribution in [3.8, 4) is 5.75 Å². The number of piperidine rings is 1. The van der Waals surface area contributed by atoms with Crippen molar-refractivity contribution in [1.82, 2.24) is 19.8 Å². The first-order chi connectivity index (χ1) is 15.5. The van der Waals surface area contributed by atoms with Crippen LogP contribution in [0.3, 0.4) is 0 Å². The van der Waals surface area contributed by atoms with Crippen LogP contribution in [0.1, 0.15) is 36.8 Å². The van der Waals surface area contributed by atoms with Crippen molar-refractivity contribution in [1.29, 1.82) is 0 Å². The number of methoxy groups -OCH3 is 1. The fourth-order valence-electron chi connectivity index (χ4n) is 5.63. The summed E-state index contributed by atoms with van der Waals surface area (Å²) in [5, 5.41) is 0.708. The van der Waals surface area contributed by atoms with Crippen molar-refractivity contribution in [3.05, 3.63) is 41.6 Å². The first-order valence-corrected chi connectivity index (χ1v) is 12.5. The summed E-state index contributed by atoms with van der Waals surface area (Å²) in [6, 6.07) is 8.72. The second kappa shape index (κ2) is 8.56. The molecule has 1 aliphatic carbocycles. The van der Waals surface area contributed by atoms with E-state index in [1.807, 2.05) is 31.6 Å². The maximum atomic E-state index is 13.4. The predicted octanol–water partition coefficient (Wildman–Crippen LogP) is 4.02. The number of hydrogen-bond donors (Lipinski definition) is 0. The highest BCUT2D eigenvalue weighted by Gasteiger charge is 2.52. The quantitative estimate of drug-likeness (QED) is 0.503. The number of fused-ring (bicyclic) bond motifs is 1. The van der Waals surface area contributed by atoms with Crippen LogP contribution < -0.4 is 9.64 Å². The van der Waals surface area contributed by atoms with Gasteiger partial charge in [-0.1, -0.05) is 30.3 Å². The molecular weight excluding hydrogens is 422 g/mol. The second-order valence-electron chi connectivity index (χ2n) is 9.25. The highest BCUT2D eigenvalue weighted by Crippen LogP contribution is 2.51. The number of carbonyl (C=O) groups is 1. The van der Waals surface area contributed by atoms with E-state index in [4.69, 9.17) is 4.74 Å². The number of ether oxygens (including phenoxy) is 1. The molecule has 1 saturated carbocycles. The lowest BCUT2D eigenvalue weighted by Gasteiger charge is -2.57. The number of thioether (sulfide) groups is 1. The van der Waals surface area contributed by atoms with E-state index in [2.05, 4.69) is 31.9 Å². The SMILES string of the molecule is COc1ccc(CN2CCC(N3Cc4cnc(SC)nc4N(C)C3=O)C3(CCC3)C2)cc1. The van der Waals surface area contributed by atoms with E-state index in [1.54, 1.807) is 12.0 Å². The van der Waals surface area contributed by atoms with Gasteiger partial charge in [-0.3, -0.25) is 9.80 Å². The molecule has 1 spiro atoms. The fraction of sp³-hybridized carbons (Fsp3) is 0.542. The summed E-state index contributed by atoms with van der Waals surface area (Å²) in [6.07, 6.45) is 8.50. The highest BCUT2D eigenvalue weighted by atomic mass is 32.2. The minimum Gasteiger partial charge on any atom is -0.497 e. The Kier molecular flexibility index (Phi) is 5.75. The normalized spacial score (nSPS) is 22.6. The van der Waals surface area contributed by atoms with Gasteiger partial charge in [-0.15, -0.1) is 0 Å². The number of nitrogens with zero attached hydrogens (tertiary/aromatic N) is 5. The van der Waals surface area contributed by atoms with Gasteiger partial charge in [0.25, 0.3) is 0 Å². The van der Waals surface area contributed by atoms with E-state index in [9.17, 15) is 4.79 Å². The first-order valence-electron chi connectivity index (χ1n) is 11.3. The number of likely N-dealkylation sites (tertiary alicyclic amines) is 1. The second-order valence-corrected chi connectivity index (χ2v) is 10.0. The van der Waals surface area contributed by atoms with E-state index < -0.39 is 0 Å². The molecule has 0 bridgehead atoms. The number of urea groups is 1. The Labute approximate surface area is 194 Å². The summed E-state index contributed by atoms with van der Waals surface area (Å²) in [4.78, 5) is 28.9. The molecule has 2 amide bonds. The van der Waals surface area contributed by atoms with Gasteiger partial charge in [0.2, 0.25) is 0 Å². The third-order valence-corrected chi connectivity index (χ3v) is 8.01. The van der Waals surface area contributed by atoms with Crippen LogP contribution in [0.25, 0.3) is 0 Å². The summed E-state index contributed by atoms with van der Waals surface area (Å²) in [5.41, 5.74) is 2.54. The number of hydrogen-bond acceptors (Lipinski definition) is 6. The van der Waals surface area contributed by atoms with Crippen LogP contribution in [-0.2, 0) is 13.1 Å². The number of carbonyl (C=O) groups excluding carboxylic acids is 1. The Morgan fingerprint density at radius 2 is 2.03 bits per heavy atom. The lowest BCUT2D eigenvalue weighted by atomic mass is 9.60. The molecule has 0 radical (unpaired) electrons. The number of amides is 2. The summed E-state index contributed by atoms with van der Waals surface area (Å²) >= 11 is 1.50. The number of rotatable bonds is 5. The van der Waals surface area contributed by atoms with Gasteiger partial charge in [-0.25, -0.2) is 14.8 Å². The molecule has 8 heteroatoms. The van der Waals surface area contributed by atoms with Gasteiger partial charge in [0.05, 0.1) is 13.7 Å². The largest absolute Gasteiger partial charge is 0.497 e. The van der Waals surface area contributed by atoms with Crippen molar-refractivity contribution < 1.29 is 9.53 Å². The monoisotopic (exact) mass is 453 g/mol. The third kappa shape index (κ3) is 3.73. The van der Waals surface area contributed by atoms with Crippen LogP contribution in [-0.4, -0.2) is 65.3 Å². The van der Waals surface area contributed by atoms with Crippen molar-refractivity contribution in [3.63, 3.8) is 0 Å². The van der Waals surface area contributed by atoms with Crippen molar-refractivity contribution in [2.75, 3.05) is 38.4 Å². The maximum Gasteiger partial charge on any atom is 0.325 e. The molecule has 1 saturated heterocycles. The molecule has 2 aromatic rings. The number of aromatic nitrogens is 2. The van der Waals surface area contributed by atoms with Crippen LogP contribution >= 0.6 is 11.8 Å². The molecular formula is C24H31N5O2S. The standard InChI is InChI=1S/C24H31N5O2S/c1-27-21-18(13-25-22(26-21)32-3)15-29(23(27)30)20-9-12-28(16-24(20)10-4-11-24)14-17-5-7-19(31-2)8-6-17/h5-8,13,20H,4,9-12,14-16H2,1-3H3. The zero-order chi connectivity index (χ0) is 22.3. The summed E-state index contributed by atoms with van der Waals surface area (Å²) in [5.74, 6) is 1.65. The molecule has 3 aliphatic rings.